The fourth-order valence-electron chi connectivity index (χ4n) is 2.45. The molecule has 1 heterocycles. The topological polar surface area (TPSA) is 67.5 Å². The Kier molecular flexibility index (Phi) is 5.36. The highest BCUT2D eigenvalue weighted by atomic mass is 32.2. The van der Waals surface area contributed by atoms with Gasteiger partial charge in [-0.3, -0.25) is 4.79 Å². The normalized spacial score (nSPS) is 10.6. The summed E-state index contributed by atoms with van der Waals surface area (Å²) in [6.45, 7) is 0. The summed E-state index contributed by atoms with van der Waals surface area (Å²) in [5.41, 5.74) is 1.77. The average molecular weight is 352 g/mol. The molecule has 4 nitrogen and oxygen atoms in total. The summed E-state index contributed by atoms with van der Waals surface area (Å²) in [5, 5.41) is 9.19. The largest absolute Gasteiger partial charge is 0.481 e. The first-order chi connectivity index (χ1) is 12.1. The van der Waals surface area contributed by atoms with Crippen LogP contribution in [0, 0.1) is 0 Å². The van der Waals surface area contributed by atoms with E-state index in [2.05, 4.69) is 0 Å². The van der Waals surface area contributed by atoms with Gasteiger partial charge in [0.2, 0.25) is 0 Å². The Balaban J connectivity index is 1.96. The van der Waals surface area contributed by atoms with Gasteiger partial charge in [0.25, 0.3) is 0 Å². The molecule has 1 aromatic heterocycles. The summed E-state index contributed by atoms with van der Waals surface area (Å²) in [4.78, 5) is 24.0. The summed E-state index contributed by atoms with van der Waals surface area (Å²) in [7, 11) is 0. The van der Waals surface area contributed by atoms with Crippen molar-refractivity contribution in [1.82, 2.24) is 0 Å². The molecule has 0 aliphatic rings. The quantitative estimate of drug-likeness (QED) is 0.673. The van der Waals surface area contributed by atoms with E-state index >= 15 is 0 Å². The molecule has 25 heavy (non-hydrogen) atoms. The molecule has 2 aromatic carbocycles. The summed E-state index contributed by atoms with van der Waals surface area (Å²) < 4.78 is 5.44. The highest BCUT2D eigenvalue weighted by molar-refractivity contribution is 7.98. The number of carboxylic acids is 1. The minimum Gasteiger partial charge on any atom is -0.481 e. The average Bonchev–Trinajstić information content (AvgIpc) is 2.62. The Hall–Kier alpha value is -2.79. The van der Waals surface area contributed by atoms with Gasteiger partial charge >= 0.3 is 11.6 Å². The minimum atomic E-state index is -0.980. The first kappa shape index (κ1) is 17.0. The van der Waals surface area contributed by atoms with Crippen molar-refractivity contribution in [1.29, 1.82) is 0 Å². The number of hydrogen-bond donors (Lipinski definition) is 1. The second-order valence-electron chi connectivity index (χ2n) is 5.46. The first-order valence-electron chi connectivity index (χ1n) is 7.74. The predicted octanol–water partition coefficient (Wildman–Crippen LogP) is 4.23. The van der Waals surface area contributed by atoms with Crippen LogP contribution in [0.4, 0.5) is 0 Å². The summed E-state index contributed by atoms with van der Waals surface area (Å²) in [5.74, 6) is -0.0276. The highest BCUT2D eigenvalue weighted by Gasteiger charge is 2.16. The van der Waals surface area contributed by atoms with E-state index in [-0.39, 0.29) is 6.42 Å². The van der Waals surface area contributed by atoms with Crippen LogP contribution in [-0.2, 0) is 17.0 Å². The van der Waals surface area contributed by atoms with E-state index in [1.807, 2.05) is 60.7 Å². The van der Waals surface area contributed by atoms with Crippen LogP contribution in [0.1, 0.15) is 11.1 Å². The Morgan fingerprint density at radius 1 is 1.00 bits per heavy atom. The third-order valence-electron chi connectivity index (χ3n) is 3.61. The standard InChI is InChI=1S/C20H16O4S/c21-18(22)12-16-11-17(15-9-5-2-6-10-15)24-20(23)19(16)25-13-14-7-3-1-4-8-14/h1-11H,12-13H2,(H,21,22). The van der Waals surface area contributed by atoms with Crippen LogP contribution in [0.15, 0.2) is 80.8 Å². The maximum absolute atomic E-state index is 12.5. The fraction of sp³-hybridized carbons (Fsp3) is 0.100. The zero-order valence-corrected chi connectivity index (χ0v) is 14.2. The van der Waals surface area contributed by atoms with Gasteiger partial charge in [-0.25, -0.2) is 4.79 Å². The molecule has 1 N–H and O–H groups in total. The number of aliphatic carboxylic acids is 1. The molecule has 0 aliphatic carbocycles. The summed E-state index contributed by atoms with van der Waals surface area (Å²) in [6, 6.07) is 20.5. The van der Waals surface area contributed by atoms with Gasteiger partial charge in [0.1, 0.15) is 5.76 Å². The van der Waals surface area contributed by atoms with Crippen molar-refractivity contribution in [3.8, 4) is 11.3 Å². The van der Waals surface area contributed by atoms with E-state index in [1.165, 1.54) is 11.8 Å². The highest BCUT2D eigenvalue weighted by Crippen LogP contribution is 2.28. The molecule has 0 saturated carbocycles. The van der Waals surface area contributed by atoms with Gasteiger partial charge in [0.05, 0.1) is 11.3 Å². The lowest BCUT2D eigenvalue weighted by Gasteiger charge is -2.09. The van der Waals surface area contributed by atoms with E-state index in [0.29, 0.717) is 22.0 Å². The molecule has 0 saturated heterocycles. The fourth-order valence-corrected chi connectivity index (χ4v) is 3.43. The van der Waals surface area contributed by atoms with E-state index in [9.17, 15) is 14.7 Å². The van der Waals surface area contributed by atoms with Crippen molar-refractivity contribution in [2.24, 2.45) is 0 Å². The summed E-state index contributed by atoms with van der Waals surface area (Å²) >= 11 is 1.30. The van der Waals surface area contributed by atoms with E-state index in [4.69, 9.17) is 4.42 Å². The van der Waals surface area contributed by atoms with Crippen molar-refractivity contribution < 1.29 is 14.3 Å². The zero-order valence-electron chi connectivity index (χ0n) is 13.3. The van der Waals surface area contributed by atoms with Crippen molar-refractivity contribution in [3.63, 3.8) is 0 Å². The number of carbonyl (C=O) groups is 1. The molecule has 0 atom stereocenters. The lowest BCUT2D eigenvalue weighted by atomic mass is 10.1. The third-order valence-corrected chi connectivity index (χ3v) is 4.81. The molecule has 3 aromatic rings. The summed E-state index contributed by atoms with van der Waals surface area (Å²) in [6.07, 6.45) is -0.220. The molecule has 0 bridgehead atoms. The molecule has 0 unspecified atom stereocenters. The van der Waals surface area contributed by atoms with Crippen molar-refractivity contribution in [3.05, 3.63) is 88.3 Å². The Labute approximate surface area is 149 Å². The number of carboxylic acid groups (broad SMARTS) is 1. The van der Waals surface area contributed by atoms with E-state index in [0.717, 1.165) is 11.1 Å². The van der Waals surface area contributed by atoms with Crippen LogP contribution in [-0.4, -0.2) is 11.1 Å². The maximum atomic E-state index is 12.5. The van der Waals surface area contributed by atoms with E-state index in [1.54, 1.807) is 6.07 Å². The monoisotopic (exact) mass is 352 g/mol. The molecule has 126 valence electrons. The molecule has 3 rings (SSSR count). The maximum Gasteiger partial charge on any atom is 0.350 e. The van der Waals surface area contributed by atoms with Gasteiger partial charge in [-0.1, -0.05) is 60.7 Å². The zero-order chi connectivity index (χ0) is 17.6. The number of rotatable bonds is 6. The van der Waals surface area contributed by atoms with Gasteiger partial charge in [-0.05, 0) is 17.2 Å². The van der Waals surface area contributed by atoms with Crippen molar-refractivity contribution >= 4 is 17.7 Å². The second-order valence-corrected chi connectivity index (χ2v) is 6.45. The molecule has 5 heteroatoms. The van der Waals surface area contributed by atoms with Gasteiger partial charge in [0, 0.05) is 11.3 Å². The third kappa shape index (κ3) is 4.39. The van der Waals surface area contributed by atoms with Crippen molar-refractivity contribution in [2.45, 2.75) is 17.1 Å². The Morgan fingerprint density at radius 2 is 1.64 bits per heavy atom. The lowest BCUT2D eigenvalue weighted by molar-refractivity contribution is -0.136. The molecule has 0 radical (unpaired) electrons. The van der Waals surface area contributed by atoms with E-state index < -0.39 is 11.6 Å². The Morgan fingerprint density at radius 3 is 2.28 bits per heavy atom. The molecular weight excluding hydrogens is 336 g/mol. The van der Waals surface area contributed by atoms with Gasteiger partial charge in [0.15, 0.2) is 0 Å². The smallest absolute Gasteiger partial charge is 0.350 e. The number of hydrogen-bond acceptors (Lipinski definition) is 4. The number of benzene rings is 2. The van der Waals surface area contributed by atoms with Crippen LogP contribution in [0.3, 0.4) is 0 Å². The van der Waals surface area contributed by atoms with Crippen LogP contribution < -0.4 is 5.63 Å². The molecule has 0 aliphatic heterocycles. The lowest BCUT2D eigenvalue weighted by Crippen LogP contribution is -2.11. The van der Waals surface area contributed by atoms with Gasteiger partial charge < -0.3 is 9.52 Å². The van der Waals surface area contributed by atoms with Crippen LogP contribution in [0.5, 0.6) is 0 Å². The molecule has 0 spiro atoms. The second kappa shape index (κ2) is 7.85. The first-order valence-corrected chi connectivity index (χ1v) is 8.73. The van der Waals surface area contributed by atoms with Gasteiger partial charge in [-0.2, -0.15) is 0 Å². The molecular formula is C20H16O4S. The van der Waals surface area contributed by atoms with Crippen LogP contribution >= 0.6 is 11.8 Å². The van der Waals surface area contributed by atoms with Crippen LogP contribution in [0.25, 0.3) is 11.3 Å². The van der Waals surface area contributed by atoms with Crippen molar-refractivity contribution in [2.75, 3.05) is 0 Å². The predicted molar refractivity (Wildman–Crippen MR) is 97.8 cm³/mol. The van der Waals surface area contributed by atoms with Crippen LogP contribution in [0.2, 0.25) is 0 Å². The number of thioether (sulfide) groups is 1. The minimum absolute atomic E-state index is 0.220. The Bertz CT molecular complexity index is 917. The molecule has 0 fully saturated rings. The molecule has 0 amide bonds. The SMILES string of the molecule is O=C(O)Cc1cc(-c2ccccc2)oc(=O)c1SCc1ccccc1. The van der Waals surface area contributed by atoms with Gasteiger partial charge in [-0.15, -0.1) is 11.8 Å².